The number of aromatic nitrogens is 5. The van der Waals surface area contributed by atoms with Crippen LogP contribution in [-0.4, -0.2) is 25.0 Å². The zero-order valence-electron chi connectivity index (χ0n) is 12.1. The Kier molecular flexibility index (Phi) is 2.93. The van der Waals surface area contributed by atoms with Gasteiger partial charge in [-0.15, -0.1) is 5.10 Å². The highest BCUT2D eigenvalue weighted by molar-refractivity contribution is 5.83. The van der Waals surface area contributed by atoms with Gasteiger partial charge in [0.25, 0.3) is 0 Å². The van der Waals surface area contributed by atoms with Crippen LogP contribution in [0.3, 0.4) is 0 Å². The minimum Gasteiger partial charge on any atom is -0.337 e. The number of nitrogens with zero attached hydrogens (tertiary/aromatic N) is 5. The van der Waals surface area contributed by atoms with Crippen molar-refractivity contribution in [3.8, 4) is 0 Å². The van der Waals surface area contributed by atoms with E-state index in [9.17, 15) is 0 Å². The van der Waals surface area contributed by atoms with Crippen LogP contribution in [0.25, 0.3) is 16.7 Å². The normalized spacial score (nSPS) is 11.1. The van der Waals surface area contributed by atoms with Gasteiger partial charge in [0, 0.05) is 5.69 Å². The largest absolute Gasteiger partial charge is 0.337 e. The van der Waals surface area contributed by atoms with Crippen molar-refractivity contribution in [1.29, 1.82) is 0 Å². The van der Waals surface area contributed by atoms with Crippen molar-refractivity contribution in [2.75, 3.05) is 5.32 Å². The Morgan fingerprint density at radius 1 is 1.05 bits per heavy atom. The molecule has 4 aromatic rings. The lowest BCUT2D eigenvalue weighted by molar-refractivity contribution is 0.841. The lowest BCUT2D eigenvalue weighted by atomic mass is 10.1. The Hall–Kier alpha value is -3.02. The molecule has 0 amide bonds. The minimum atomic E-state index is 0.610. The first-order valence-corrected chi connectivity index (χ1v) is 7.18. The molecule has 0 fully saturated rings. The summed E-state index contributed by atoms with van der Waals surface area (Å²) >= 11 is 0. The van der Waals surface area contributed by atoms with E-state index in [2.05, 4.69) is 44.9 Å². The molecule has 0 saturated carbocycles. The van der Waals surface area contributed by atoms with E-state index in [1.807, 2.05) is 36.4 Å². The van der Waals surface area contributed by atoms with E-state index in [0.29, 0.717) is 11.5 Å². The monoisotopic (exact) mass is 290 g/mol. The number of fused-ring (bicyclic) bond motifs is 3. The van der Waals surface area contributed by atoms with Crippen LogP contribution >= 0.6 is 0 Å². The average molecular weight is 290 g/mol. The molecular weight excluding hydrogens is 276 g/mol. The van der Waals surface area contributed by atoms with Gasteiger partial charge in [-0.25, -0.2) is 4.98 Å². The molecule has 0 aliphatic carbocycles. The first-order chi connectivity index (χ1) is 10.8. The van der Waals surface area contributed by atoms with Crippen LogP contribution in [0, 0.1) is 0 Å². The van der Waals surface area contributed by atoms with E-state index in [0.717, 1.165) is 23.1 Å². The molecule has 0 atom stereocenters. The van der Waals surface area contributed by atoms with Gasteiger partial charge in [0.1, 0.15) is 0 Å². The first-order valence-electron chi connectivity index (χ1n) is 7.18. The van der Waals surface area contributed by atoms with Crippen LogP contribution in [0.4, 0.5) is 11.5 Å². The molecule has 6 nitrogen and oxygen atoms in total. The molecule has 0 bridgehead atoms. The predicted molar refractivity (Wildman–Crippen MR) is 85.2 cm³/mol. The summed E-state index contributed by atoms with van der Waals surface area (Å²) in [4.78, 5) is 4.64. The van der Waals surface area contributed by atoms with Gasteiger partial charge in [-0.2, -0.15) is 4.52 Å². The fourth-order valence-electron chi connectivity index (χ4n) is 2.45. The third-order valence-corrected chi connectivity index (χ3v) is 3.65. The highest BCUT2D eigenvalue weighted by atomic mass is 15.5. The second kappa shape index (κ2) is 5.07. The Labute approximate surface area is 126 Å². The van der Waals surface area contributed by atoms with Gasteiger partial charge in [-0.3, -0.25) is 0 Å². The maximum atomic E-state index is 4.64. The number of nitrogens with one attached hydrogen (secondary N) is 1. The van der Waals surface area contributed by atoms with Crippen LogP contribution in [0.2, 0.25) is 0 Å². The van der Waals surface area contributed by atoms with Gasteiger partial charge >= 0.3 is 0 Å². The number of hydrogen-bond donors (Lipinski definition) is 1. The summed E-state index contributed by atoms with van der Waals surface area (Å²) in [5.74, 6) is 0.646. The minimum absolute atomic E-state index is 0.610. The standard InChI is InChI=1S/C16H14N6/c1-2-11-7-9-12(10-8-11)17-15-16-19-20-21-22(16)14-6-4-3-5-13(14)18-15/h3-10H,2H2,1H3,(H,17,18). The van der Waals surface area contributed by atoms with Crippen molar-refractivity contribution >= 4 is 28.2 Å². The SMILES string of the molecule is CCc1ccc(Nc2nc3ccccc3n3nnnc23)cc1. The van der Waals surface area contributed by atoms with Crippen molar-refractivity contribution < 1.29 is 0 Å². The zero-order valence-corrected chi connectivity index (χ0v) is 12.1. The lowest BCUT2D eigenvalue weighted by Crippen LogP contribution is -2.01. The van der Waals surface area contributed by atoms with Crippen molar-refractivity contribution in [2.24, 2.45) is 0 Å². The number of anilines is 2. The van der Waals surface area contributed by atoms with Crippen LogP contribution in [-0.2, 0) is 6.42 Å². The van der Waals surface area contributed by atoms with Crippen molar-refractivity contribution in [3.05, 3.63) is 54.1 Å². The van der Waals surface area contributed by atoms with E-state index in [1.165, 1.54) is 5.56 Å². The molecular formula is C16H14N6. The third kappa shape index (κ3) is 2.05. The number of benzene rings is 2. The Morgan fingerprint density at radius 2 is 1.86 bits per heavy atom. The molecule has 0 unspecified atom stereocenters. The molecule has 6 heteroatoms. The summed E-state index contributed by atoms with van der Waals surface area (Å²) in [5, 5.41) is 15.2. The molecule has 4 rings (SSSR count). The molecule has 0 aliphatic heterocycles. The molecule has 2 heterocycles. The van der Waals surface area contributed by atoms with E-state index in [-0.39, 0.29) is 0 Å². The van der Waals surface area contributed by atoms with Crippen LogP contribution < -0.4 is 5.32 Å². The van der Waals surface area contributed by atoms with E-state index >= 15 is 0 Å². The average Bonchev–Trinajstić information content (AvgIpc) is 3.06. The van der Waals surface area contributed by atoms with Crippen LogP contribution in [0.5, 0.6) is 0 Å². The fraction of sp³-hybridized carbons (Fsp3) is 0.125. The highest BCUT2D eigenvalue weighted by Crippen LogP contribution is 2.22. The van der Waals surface area contributed by atoms with Crippen LogP contribution in [0.15, 0.2) is 48.5 Å². The van der Waals surface area contributed by atoms with Crippen molar-refractivity contribution in [2.45, 2.75) is 13.3 Å². The van der Waals surface area contributed by atoms with Crippen LogP contribution in [0.1, 0.15) is 12.5 Å². The van der Waals surface area contributed by atoms with E-state index < -0.39 is 0 Å². The second-order valence-electron chi connectivity index (χ2n) is 5.04. The molecule has 0 aliphatic rings. The maximum Gasteiger partial charge on any atom is 0.222 e. The summed E-state index contributed by atoms with van der Waals surface area (Å²) in [5.41, 5.74) is 4.60. The second-order valence-corrected chi connectivity index (χ2v) is 5.04. The smallest absolute Gasteiger partial charge is 0.222 e. The Morgan fingerprint density at radius 3 is 2.68 bits per heavy atom. The number of rotatable bonds is 3. The number of para-hydroxylation sites is 2. The third-order valence-electron chi connectivity index (χ3n) is 3.65. The van der Waals surface area contributed by atoms with Gasteiger partial charge in [0.15, 0.2) is 5.82 Å². The van der Waals surface area contributed by atoms with Gasteiger partial charge in [0.05, 0.1) is 11.0 Å². The predicted octanol–water partition coefficient (Wildman–Crippen LogP) is 2.98. The zero-order chi connectivity index (χ0) is 14.9. The number of hydrogen-bond acceptors (Lipinski definition) is 5. The molecule has 22 heavy (non-hydrogen) atoms. The van der Waals surface area contributed by atoms with E-state index in [4.69, 9.17) is 0 Å². The van der Waals surface area contributed by atoms with Gasteiger partial charge in [-0.1, -0.05) is 31.2 Å². The maximum absolute atomic E-state index is 4.64. The highest BCUT2D eigenvalue weighted by Gasteiger charge is 2.11. The summed E-state index contributed by atoms with van der Waals surface area (Å²) in [6, 6.07) is 16.1. The summed E-state index contributed by atoms with van der Waals surface area (Å²) < 4.78 is 1.70. The van der Waals surface area contributed by atoms with Crippen molar-refractivity contribution in [3.63, 3.8) is 0 Å². The molecule has 2 aromatic carbocycles. The fourth-order valence-corrected chi connectivity index (χ4v) is 2.45. The molecule has 0 spiro atoms. The number of tetrazole rings is 1. The number of aryl methyl sites for hydroxylation is 1. The molecule has 0 radical (unpaired) electrons. The summed E-state index contributed by atoms with van der Waals surface area (Å²) in [6.45, 7) is 2.14. The molecule has 0 saturated heterocycles. The summed E-state index contributed by atoms with van der Waals surface area (Å²) in [7, 11) is 0. The molecule has 2 aromatic heterocycles. The Bertz CT molecular complexity index is 942. The van der Waals surface area contributed by atoms with Gasteiger partial charge < -0.3 is 5.32 Å². The van der Waals surface area contributed by atoms with E-state index in [1.54, 1.807) is 4.52 Å². The lowest BCUT2D eigenvalue weighted by Gasteiger charge is -2.08. The Balaban J connectivity index is 1.83. The van der Waals surface area contributed by atoms with Crippen molar-refractivity contribution in [1.82, 2.24) is 25.0 Å². The quantitative estimate of drug-likeness (QED) is 0.628. The van der Waals surface area contributed by atoms with Gasteiger partial charge in [0.2, 0.25) is 5.65 Å². The molecule has 1 N–H and O–H groups in total. The summed E-state index contributed by atoms with van der Waals surface area (Å²) in [6.07, 6.45) is 1.02. The van der Waals surface area contributed by atoms with Gasteiger partial charge in [-0.05, 0) is 46.7 Å². The molecule has 108 valence electrons. The topological polar surface area (TPSA) is 68.0 Å². The first kappa shape index (κ1) is 12.7.